The summed E-state index contributed by atoms with van der Waals surface area (Å²) in [5, 5.41) is 35.0. The second-order valence-electron chi connectivity index (χ2n) is 15.9. The highest BCUT2D eigenvalue weighted by Crippen LogP contribution is 2.47. The minimum absolute atomic E-state index is 0.0552. The van der Waals surface area contributed by atoms with Crippen LogP contribution in [-0.2, 0) is 0 Å². The molecule has 0 N–H and O–H groups in total. The van der Waals surface area contributed by atoms with Gasteiger partial charge in [-0.25, -0.2) is 4.39 Å². The van der Waals surface area contributed by atoms with E-state index < -0.39 is 5.82 Å². The highest BCUT2D eigenvalue weighted by molar-refractivity contribution is 6.22. The monoisotopic (exact) mass is 791 g/mol. The van der Waals surface area contributed by atoms with Gasteiger partial charge in [0.1, 0.15) is 34.6 Å². The lowest BCUT2D eigenvalue weighted by Crippen LogP contribution is -2.14. The van der Waals surface area contributed by atoms with Gasteiger partial charge in [0, 0.05) is 48.5 Å². The Morgan fingerprint density at radius 3 is 0.935 bits per heavy atom. The fourth-order valence-electron chi connectivity index (χ4n) is 10.4. The molecule has 13 rings (SSSR count). The summed E-state index contributed by atoms with van der Waals surface area (Å²) >= 11 is 0. The molecule has 0 amide bonds. The van der Waals surface area contributed by atoms with Crippen molar-refractivity contribution in [3.8, 4) is 29.2 Å². The number of hydrogen-bond donors (Lipinski definition) is 0. The van der Waals surface area contributed by atoms with Gasteiger partial charge in [-0.15, -0.1) is 0 Å². The normalized spacial score (nSPS) is 11.9. The van der Waals surface area contributed by atoms with E-state index in [4.69, 9.17) is 0 Å². The Kier molecular flexibility index (Phi) is 6.97. The first-order valence-corrected chi connectivity index (χ1v) is 20.6. The number of nitriles is 2. The molecule has 0 bridgehead atoms. The molecule has 13 aromatic rings. The Labute approximate surface area is 353 Å². The van der Waals surface area contributed by atoms with Crippen molar-refractivity contribution in [2.45, 2.75) is 0 Å². The highest BCUT2D eigenvalue weighted by atomic mass is 19.1. The van der Waals surface area contributed by atoms with Crippen molar-refractivity contribution in [2.24, 2.45) is 0 Å². The van der Waals surface area contributed by atoms with Crippen LogP contribution in [-0.4, -0.2) is 13.7 Å². The predicted molar refractivity (Wildman–Crippen MR) is 251 cm³/mol. The van der Waals surface area contributed by atoms with Crippen LogP contribution in [0.4, 0.5) is 4.39 Å². The predicted octanol–water partition coefficient (Wildman–Crippen LogP) is 14.3. The summed E-state index contributed by atoms with van der Waals surface area (Å²) in [5.41, 5.74) is 5.28. The summed E-state index contributed by atoms with van der Waals surface area (Å²) in [5.74, 6) is -0.668. The fraction of sp³-hybridized carbons (Fsp3) is 0. The Morgan fingerprint density at radius 1 is 0.306 bits per heavy atom. The van der Waals surface area contributed by atoms with Crippen LogP contribution in [0.3, 0.4) is 0 Å². The van der Waals surface area contributed by atoms with Crippen LogP contribution in [0.2, 0.25) is 0 Å². The summed E-state index contributed by atoms with van der Waals surface area (Å²) in [6, 6.07) is 66.1. The van der Waals surface area contributed by atoms with E-state index in [0.29, 0.717) is 5.69 Å². The van der Waals surface area contributed by atoms with Gasteiger partial charge in [0.2, 0.25) is 0 Å². The molecule has 0 unspecified atom stereocenters. The lowest BCUT2D eigenvalue weighted by atomic mass is 10.00. The maximum Gasteiger partial charge on any atom is 0.174 e. The minimum Gasteiger partial charge on any atom is -0.306 e. The molecular weight excluding hydrogens is 762 g/mol. The van der Waals surface area contributed by atoms with Crippen molar-refractivity contribution in [2.75, 3.05) is 0 Å². The van der Waals surface area contributed by atoms with Gasteiger partial charge < -0.3 is 13.7 Å². The van der Waals surface area contributed by atoms with Crippen molar-refractivity contribution in [3.05, 3.63) is 199 Å². The van der Waals surface area contributed by atoms with Crippen molar-refractivity contribution < 1.29 is 4.39 Å². The topological polar surface area (TPSA) is 62.4 Å². The van der Waals surface area contributed by atoms with E-state index in [2.05, 4.69) is 108 Å². The largest absolute Gasteiger partial charge is 0.306 e. The first kappa shape index (κ1) is 34.2. The molecule has 6 heteroatoms. The summed E-state index contributed by atoms with van der Waals surface area (Å²) in [7, 11) is 0. The van der Waals surface area contributed by atoms with Crippen molar-refractivity contribution in [1.82, 2.24) is 13.7 Å². The van der Waals surface area contributed by atoms with Crippen LogP contribution >= 0.6 is 0 Å². The minimum atomic E-state index is -0.668. The van der Waals surface area contributed by atoms with Gasteiger partial charge in [0.25, 0.3) is 0 Å². The first-order valence-electron chi connectivity index (χ1n) is 20.6. The molecular formula is C56H30FN5. The zero-order valence-electron chi connectivity index (χ0n) is 32.9. The van der Waals surface area contributed by atoms with E-state index in [-0.39, 0.29) is 22.5 Å². The molecule has 3 aromatic heterocycles. The Balaban J connectivity index is 1.35. The van der Waals surface area contributed by atoms with Crippen LogP contribution in [0.1, 0.15) is 11.1 Å². The van der Waals surface area contributed by atoms with Gasteiger partial charge in [-0.3, -0.25) is 0 Å². The van der Waals surface area contributed by atoms with Crippen LogP contribution in [0, 0.1) is 28.5 Å². The molecule has 0 saturated heterocycles. The standard InChI is InChI=1S/C56H30FN5/c57-50-55(61-48-23-11-8-20-40(48)43-29-26-34-14-2-5-17-37(34)52(43)61)45(31-58)54(60-47-22-10-7-19-39(47)42-28-25-33-13-1-4-16-36(33)51(42)60)46(32-59)56(50)62-49-24-12-9-21-41(49)44-30-27-35-15-3-6-18-38(35)53(44)62/h1-30H. The zero-order valence-corrected chi connectivity index (χ0v) is 32.9. The van der Waals surface area contributed by atoms with Crippen LogP contribution in [0.15, 0.2) is 182 Å². The van der Waals surface area contributed by atoms with E-state index in [1.54, 1.807) is 0 Å². The number of halogens is 1. The molecule has 0 atom stereocenters. The molecule has 0 fully saturated rings. The molecule has 0 saturated carbocycles. The fourth-order valence-corrected chi connectivity index (χ4v) is 10.4. The molecule has 0 aliphatic carbocycles. The first-order chi connectivity index (χ1) is 30.7. The van der Waals surface area contributed by atoms with Crippen molar-refractivity contribution >= 4 is 97.7 Å². The quantitative estimate of drug-likeness (QED) is 0.179. The lowest BCUT2D eigenvalue weighted by molar-refractivity contribution is 0.612. The van der Waals surface area contributed by atoms with E-state index in [9.17, 15) is 10.5 Å². The molecule has 5 nitrogen and oxygen atoms in total. The van der Waals surface area contributed by atoms with E-state index >= 15 is 4.39 Å². The average Bonchev–Trinajstić information content (AvgIpc) is 3.97. The maximum absolute atomic E-state index is 19.4. The number of hydrogen-bond acceptors (Lipinski definition) is 2. The van der Waals surface area contributed by atoms with Gasteiger partial charge in [-0.1, -0.05) is 164 Å². The average molecular weight is 792 g/mol. The van der Waals surface area contributed by atoms with Crippen molar-refractivity contribution in [3.63, 3.8) is 0 Å². The van der Waals surface area contributed by atoms with Gasteiger partial charge in [0.05, 0.1) is 38.8 Å². The van der Waals surface area contributed by atoms with Crippen LogP contribution < -0.4 is 0 Å². The molecule has 3 heterocycles. The Hall–Kier alpha value is -8.71. The number of para-hydroxylation sites is 3. The Morgan fingerprint density at radius 2 is 0.597 bits per heavy atom. The summed E-state index contributed by atoms with van der Waals surface area (Å²) < 4.78 is 25.3. The zero-order chi connectivity index (χ0) is 41.2. The molecule has 0 radical (unpaired) electrons. The van der Waals surface area contributed by atoms with Gasteiger partial charge in [-0.05, 0) is 34.4 Å². The smallest absolute Gasteiger partial charge is 0.174 e. The van der Waals surface area contributed by atoms with Gasteiger partial charge in [-0.2, -0.15) is 10.5 Å². The third-order valence-corrected chi connectivity index (χ3v) is 12.9. The lowest BCUT2D eigenvalue weighted by Gasteiger charge is -2.23. The summed E-state index contributed by atoms with van der Waals surface area (Å²) in [4.78, 5) is 0. The third kappa shape index (κ3) is 4.37. The number of aromatic nitrogens is 3. The number of rotatable bonds is 3. The molecule has 286 valence electrons. The van der Waals surface area contributed by atoms with Gasteiger partial charge in [0.15, 0.2) is 5.82 Å². The number of fused-ring (bicyclic) bond motifs is 15. The molecule has 62 heavy (non-hydrogen) atoms. The van der Waals surface area contributed by atoms with E-state index in [1.165, 1.54) is 0 Å². The molecule has 0 aliphatic rings. The third-order valence-electron chi connectivity index (χ3n) is 12.9. The molecule has 0 spiro atoms. The molecule has 0 aliphatic heterocycles. The SMILES string of the molecule is N#Cc1c(-n2c3ccccc3c3ccc4ccccc4c32)c(F)c(-n2c3ccccc3c3ccc4ccccc4c32)c(C#N)c1-n1c2ccccc2c2ccc3ccccc3c21. The van der Waals surface area contributed by atoms with Crippen LogP contribution in [0.5, 0.6) is 0 Å². The van der Waals surface area contributed by atoms with Crippen molar-refractivity contribution in [1.29, 1.82) is 10.5 Å². The number of benzene rings is 10. The highest BCUT2D eigenvalue weighted by Gasteiger charge is 2.33. The second kappa shape index (κ2) is 12.6. The van der Waals surface area contributed by atoms with Gasteiger partial charge >= 0.3 is 0 Å². The molecule has 10 aromatic carbocycles. The Bertz CT molecular complexity index is 4010. The van der Waals surface area contributed by atoms with E-state index in [0.717, 1.165) is 97.7 Å². The maximum atomic E-state index is 19.4. The summed E-state index contributed by atoms with van der Waals surface area (Å²) in [6.45, 7) is 0. The number of nitrogens with zero attached hydrogens (tertiary/aromatic N) is 5. The van der Waals surface area contributed by atoms with Crippen LogP contribution in [0.25, 0.3) is 115 Å². The summed E-state index contributed by atoms with van der Waals surface area (Å²) in [6.07, 6.45) is 0. The second-order valence-corrected chi connectivity index (χ2v) is 15.9. The van der Waals surface area contributed by atoms with E-state index in [1.807, 2.05) is 100 Å².